The van der Waals surface area contributed by atoms with Gasteiger partial charge in [0.15, 0.2) is 0 Å². The van der Waals surface area contributed by atoms with Crippen molar-refractivity contribution >= 4 is 11.9 Å². The van der Waals surface area contributed by atoms with E-state index in [0.717, 1.165) is 44.1 Å². The van der Waals surface area contributed by atoms with Gasteiger partial charge < -0.3 is 9.84 Å². The highest BCUT2D eigenvalue weighted by Gasteiger charge is 2.42. The third-order valence-electron chi connectivity index (χ3n) is 5.79. The van der Waals surface area contributed by atoms with Gasteiger partial charge in [0, 0.05) is 0 Å². The van der Waals surface area contributed by atoms with E-state index >= 15 is 0 Å². The van der Waals surface area contributed by atoms with Gasteiger partial charge >= 0.3 is 11.9 Å². The van der Waals surface area contributed by atoms with Gasteiger partial charge in [0.05, 0.1) is 18.1 Å². The van der Waals surface area contributed by atoms with Crippen molar-refractivity contribution in [1.82, 2.24) is 0 Å². The van der Waals surface area contributed by atoms with E-state index < -0.39 is 11.4 Å². The SMILES string of the molecule is CCC(C)CC1(C(=O)O)CCCCC(c2ccc(C(=O)OC)cc2)C1. The van der Waals surface area contributed by atoms with Crippen LogP contribution in [0.25, 0.3) is 0 Å². The van der Waals surface area contributed by atoms with Crippen molar-refractivity contribution in [2.75, 3.05) is 7.11 Å². The van der Waals surface area contributed by atoms with Gasteiger partial charge in [-0.1, -0.05) is 45.2 Å². The molecule has 1 saturated carbocycles. The summed E-state index contributed by atoms with van der Waals surface area (Å²) in [6, 6.07) is 7.47. The number of methoxy groups -OCH3 is 1. The summed E-state index contributed by atoms with van der Waals surface area (Å²) in [5, 5.41) is 10.0. The van der Waals surface area contributed by atoms with E-state index in [1.165, 1.54) is 7.11 Å². The zero-order valence-corrected chi connectivity index (χ0v) is 15.6. The first-order chi connectivity index (χ1) is 11.9. The molecule has 1 aliphatic carbocycles. The Hall–Kier alpha value is -1.84. The average Bonchev–Trinajstić information content (AvgIpc) is 2.84. The Labute approximate surface area is 150 Å². The smallest absolute Gasteiger partial charge is 0.337 e. The maximum Gasteiger partial charge on any atom is 0.337 e. The topological polar surface area (TPSA) is 63.6 Å². The second-order valence-corrected chi connectivity index (χ2v) is 7.56. The van der Waals surface area contributed by atoms with Crippen LogP contribution in [0.3, 0.4) is 0 Å². The second-order valence-electron chi connectivity index (χ2n) is 7.56. The van der Waals surface area contributed by atoms with Crippen molar-refractivity contribution in [3.63, 3.8) is 0 Å². The largest absolute Gasteiger partial charge is 0.481 e. The van der Waals surface area contributed by atoms with Crippen molar-refractivity contribution in [3.05, 3.63) is 35.4 Å². The molecule has 4 nitrogen and oxygen atoms in total. The van der Waals surface area contributed by atoms with Gasteiger partial charge in [-0.15, -0.1) is 0 Å². The van der Waals surface area contributed by atoms with Gasteiger partial charge in [0.2, 0.25) is 0 Å². The van der Waals surface area contributed by atoms with Gasteiger partial charge in [0.1, 0.15) is 0 Å². The van der Waals surface area contributed by atoms with Crippen molar-refractivity contribution in [1.29, 1.82) is 0 Å². The van der Waals surface area contributed by atoms with E-state index in [1.54, 1.807) is 12.1 Å². The van der Waals surface area contributed by atoms with Gasteiger partial charge in [-0.2, -0.15) is 0 Å². The van der Waals surface area contributed by atoms with Crippen molar-refractivity contribution in [2.45, 2.75) is 64.7 Å². The molecule has 1 aromatic carbocycles. The number of carboxylic acids is 1. The first-order valence-corrected chi connectivity index (χ1v) is 9.33. The van der Waals surface area contributed by atoms with Crippen LogP contribution in [0.4, 0.5) is 0 Å². The Morgan fingerprint density at radius 3 is 2.52 bits per heavy atom. The molecule has 1 fully saturated rings. The van der Waals surface area contributed by atoms with Crippen LogP contribution in [0.5, 0.6) is 0 Å². The minimum Gasteiger partial charge on any atom is -0.481 e. The van der Waals surface area contributed by atoms with Gasteiger partial charge in [-0.05, 0) is 55.2 Å². The van der Waals surface area contributed by atoms with E-state index in [2.05, 4.69) is 13.8 Å². The standard InChI is InChI=1S/C21H30O4/c1-4-15(2)13-21(20(23)24)12-6-5-7-18(14-21)16-8-10-17(11-9-16)19(22)25-3/h8-11,15,18H,4-7,12-14H2,1-3H3,(H,23,24). The Kier molecular flexibility index (Phi) is 6.63. The zero-order valence-electron chi connectivity index (χ0n) is 15.6. The molecule has 1 aromatic rings. The summed E-state index contributed by atoms with van der Waals surface area (Å²) in [6.45, 7) is 4.27. The Balaban J connectivity index is 2.25. The highest BCUT2D eigenvalue weighted by atomic mass is 16.5. The maximum atomic E-state index is 12.2. The molecule has 0 saturated heterocycles. The number of carbonyl (C=O) groups is 2. The lowest BCUT2D eigenvalue weighted by molar-refractivity contribution is -0.151. The molecule has 4 heteroatoms. The Bertz CT molecular complexity index is 592. The molecule has 0 bridgehead atoms. The van der Waals surface area contributed by atoms with Gasteiger partial charge in [-0.25, -0.2) is 4.79 Å². The Morgan fingerprint density at radius 2 is 1.96 bits per heavy atom. The zero-order chi connectivity index (χ0) is 18.4. The number of rotatable bonds is 6. The van der Waals surface area contributed by atoms with Crippen LogP contribution in [0, 0.1) is 11.3 Å². The minimum atomic E-state index is -0.647. The van der Waals surface area contributed by atoms with E-state index in [9.17, 15) is 14.7 Å². The molecule has 0 heterocycles. The van der Waals surface area contributed by atoms with Crippen LogP contribution >= 0.6 is 0 Å². The highest BCUT2D eigenvalue weighted by Crippen LogP contribution is 2.46. The van der Waals surface area contributed by atoms with Crippen molar-refractivity contribution in [3.8, 4) is 0 Å². The molecule has 0 radical (unpaired) electrons. The number of carboxylic acid groups (broad SMARTS) is 1. The summed E-state index contributed by atoms with van der Waals surface area (Å²) in [7, 11) is 1.37. The van der Waals surface area contributed by atoms with Crippen LogP contribution in [-0.2, 0) is 9.53 Å². The van der Waals surface area contributed by atoms with Crippen LogP contribution in [0.1, 0.15) is 80.6 Å². The lowest BCUT2D eigenvalue weighted by atomic mass is 9.70. The summed E-state index contributed by atoms with van der Waals surface area (Å²) in [5.41, 5.74) is 1.03. The molecule has 0 spiro atoms. The molecular weight excluding hydrogens is 316 g/mol. The second kappa shape index (κ2) is 8.50. The molecular formula is C21H30O4. The molecule has 2 rings (SSSR count). The van der Waals surface area contributed by atoms with E-state index in [4.69, 9.17) is 4.74 Å². The highest BCUT2D eigenvalue weighted by molar-refractivity contribution is 5.89. The van der Waals surface area contributed by atoms with Crippen molar-refractivity contribution in [2.24, 2.45) is 11.3 Å². The summed E-state index contributed by atoms with van der Waals surface area (Å²) >= 11 is 0. The molecule has 3 unspecified atom stereocenters. The van der Waals surface area contributed by atoms with Gasteiger partial charge in [0.25, 0.3) is 0 Å². The summed E-state index contributed by atoms with van der Waals surface area (Å²) < 4.78 is 4.75. The van der Waals surface area contributed by atoms with Crippen LogP contribution in [0.2, 0.25) is 0 Å². The third kappa shape index (κ3) is 4.62. The fourth-order valence-corrected chi connectivity index (χ4v) is 4.10. The van der Waals surface area contributed by atoms with Crippen LogP contribution in [-0.4, -0.2) is 24.2 Å². The monoisotopic (exact) mass is 346 g/mol. The summed E-state index contributed by atoms with van der Waals surface area (Å²) in [5.74, 6) is -0.346. The predicted octanol–water partition coefficient (Wildman–Crippen LogP) is 5.03. The van der Waals surface area contributed by atoms with Crippen molar-refractivity contribution < 1.29 is 19.4 Å². The number of ether oxygens (including phenoxy) is 1. The number of benzene rings is 1. The third-order valence-corrected chi connectivity index (χ3v) is 5.79. The van der Waals surface area contributed by atoms with Gasteiger partial charge in [-0.3, -0.25) is 4.79 Å². The maximum absolute atomic E-state index is 12.2. The number of hydrogen-bond donors (Lipinski definition) is 1. The normalized spacial score (nSPS) is 25.0. The first-order valence-electron chi connectivity index (χ1n) is 9.33. The fourth-order valence-electron chi connectivity index (χ4n) is 4.10. The molecule has 0 amide bonds. The molecule has 138 valence electrons. The molecule has 1 N–H and O–H groups in total. The van der Waals surface area contributed by atoms with E-state index in [0.29, 0.717) is 17.9 Å². The first kappa shape index (κ1) is 19.5. The molecule has 1 aliphatic rings. The van der Waals surface area contributed by atoms with Crippen LogP contribution in [0.15, 0.2) is 24.3 Å². The molecule has 3 atom stereocenters. The molecule has 0 aromatic heterocycles. The molecule has 25 heavy (non-hydrogen) atoms. The predicted molar refractivity (Wildman–Crippen MR) is 97.7 cm³/mol. The summed E-state index contributed by atoms with van der Waals surface area (Å²) in [6.07, 6.45) is 6.24. The average molecular weight is 346 g/mol. The number of carbonyl (C=O) groups excluding carboxylic acids is 1. The lowest BCUT2D eigenvalue weighted by Gasteiger charge is -2.33. The minimum absolute atomic E-state index is 0.231. The van der Waals surface area contributed by atoms with E-state index in [-0.39, 0.29) is 11.9 Å². The lowest BCUT2D eigenvalue weighted by Crippen LogP contribution is -2.34. The summed E-state index contributed by atoms with van der Waals surface area (Å²) in [4.78, 5) is 23.8. The number of aliphatic carboxylic acids is 1. The fraction of sp³-hybridized carbons (Fsp3) is 0.619. The Morgan fingerprint density at radius 1 is 1.28 bits per heavy atom. The quantitative estimate of drug-likeness (QED) is 0.580. The number of hydrogen-bond acceptors (Lipinski definition) is 3. The van der Waals surface area contributed by atoms with Crippen LogP contribution < -0.4 is 0 Å². The van der Waals surface area contributed by atoms with E-state index in [1.807, 2.05) is 12.1 Å². The number of esters is 1. The molecule has 0 aliphatic heterocycles.